The quantitative estimate of drug-likeness (QED) is 0.768. The van der Waals surface area contributed by atoms with E-state index in [0.717, 1.165) is 42.8 Å². The number of hydrogen-bond acceptors (Lipinski definition) is 5. The number of hydrogen-bond donors (Lipinski definition) is 1. The molecule has 0 saturated carbocycles. The van der Waals surface area contributed by atoms with Crippen molar-refractivity contribution in [3.05, 3.63) is 65.1 Å². The second-order valence-corrected chi connectivity index (χ2v) is 7.10. The monoisotopic (exact) mass is 368 g/mol. The summed E-state index contributed by atoms with van der Waals surface area (Å²) in [6.07, 6.45) is 3.46. The maximum Gasteiger partial charge on any atom is 0.147 e. The molecule has 0 bridgehead atoms. The fourth-order valence-corrected chi connectivity index (χ4v) is 3.85. The van der Waals surface area contributed by atoms with Crippen molar-refractivity contribution < 1.29 is 5.11 Å². The van der Waals surface area contributed by atoms with Gasteiger partial charge in [0.25, 0.3) is 0 Å². The molecule has 4 rings (SSSR count). The first-order chi connectivity index (χ1) is 12.6. The summed E-state index contributed by atoms with van der Waals surface area (Å²) in [7, 11) is 2.13. The summed E-state index contributed by atoms with van der Waals surface area (Å²) in [5.74, 6) is 0.180. The number of benzene rings is 1. The summed E-state index contributed by atoms with van der Waals surface area (Å²) in [4.78, 5) is 13.6. The average molecular weight is 369 g/mol. The lowest BCUT2D eigenvalue weighted by Crippen LogP contribution is -2.46. The number of fused-ring (bicyclic) bond motifs is 1. The highest BCUT2D eigenvalue weighted by molar-refractivity contribution is 6.35. The van der Waals surface area contributed by atoms with Gasteiger partial charge in [-0.05, 0) is 37.4 Å². The zero-order valence-electron chi connectivity index (χ0n) is 14.6. The Morgan fingerprint density at radius 2 is 1.81 bits per heavy atom. The van der Waals surface area contributed by atoms with E-state index in [1.54, 1.807) is 12.4 Å². The van der Waals surface area contributed by atoms with Crippen molar-refractivity contribution in [2.45, 2.75) is 6.04 Å². The van der Waals surface area contributed by atoms with E-state index in [1.165, 1.54) is 0 Å². The number of phenols is 1. The van der Waals surface area contributed by atoms with Crippen molar-refractivity contribution in [1.29, 1.82) is 0 Å². The van der Waals surface area contributed by atoms with Gasteiger partial charge < -0.3 is 10.0 Å². The van der Waals surface area contributed by atoms with Crippen LogP contribution in [-0.2, 0) is 0 Å². The van der Waals surface area contributed by atoms with Gasteiger partial charge in [0, 0.05) is 49.5 Å². The van der Waals surface area contributed by atoms with Gasteiger partial charge in [-0.2, -0.15) is 0 Å². The van der Waals surface area contributed by atoms with Crippen molar-refractivity contribution >= 4 is 22.5 Å². The van der Waals surface area contributed by atoms with Crippen LogP contribution in [0.25, 0.3) is 10.9 Å². The van der Waals surface area contributed by atoms with Crippen LogP contribution < -0.4 is 0 Å². The van der Waals surface area contributed by atoms with Crippen LogP contribution in [0.5, 0.6) is 5.75 Å². The SMILES string of the molecule is CN1CCN([C@H](c2ccccn2)c2cc(Cl)c3cccnc3c2O)CC1. The standard InChI is InChI=1S/C20H21ClN4O/c1-24-9-11-25(12-10-24)19(17-6-2-3-7-22-17)15-13-16(21)14-5-4-8-23-18(14)20(15)26/h2-8,13,19,26H,9-12H2,1H3/t19-/m0/s1. The molecule has 26 heavy (non-hydrogen) atoms. The van der Waals surface area contributed by atoms with Crippen molar-refractivity contribution in [1.82, 2.24) is 19.8 Å². The van der Waals surface area contributed by atoms with Crippen LogP contribution in [0.1, 0.15) is 17.3 Å². The second kappa shape index (κ2) is 7.19. The molecule has 1 aliphatic heterocycles. The van der Waals surface area contributed by atoms with E-state index in [1.807, 2.05) is 36.4 Å². The van der Waals surface area contributed by atoms with Crippen molar-refractivity contribution in [2.24, 2.45) is 0 Å². The minimum atomic E-state index is -0.159. The highest BCUT2D eigenvalue weighted by atomic mass is 35.5. The van der Waals surface area contributed by atoms with Crippen LogP contribution in [0.3, 0.4) is 0 Å². The normalized spacial score (nSPS) is 17.5. The third kappa shape index (κ3) is 3.14. The first-order valence-corrected chi connectivity index (χ1v) is 9.12. The Hall–Kier alpha value is -2.21. The predicted octanol–water partition coefficient (Wildman–Crippen LogP) is 3.33. The van der Waals surface area contributed by atoms with Gasteiger partial charge in [0.1, 0.15) is 11.3 Å². The number of phenolic OH excluding ortho intramolecular Hbond substituents is 1. The number of pyridine rings is 2. The third-order valence-electron chi connectivity index (χ3n) is 5.01. The van der Waals surface area contributed by atoms with Gasteiger partial charge in [-0.1, -0.05) is 17.7 Å². The minimum Gasteiger partial charge on any atom is -0.505 e. The second-order valence-electron chi connectivity index (χ2n) is 6.69. The first kappa shape index (κ1) is 17.2. The Morgan fingerprint density at radius 1 is 1.04 bits per heavy atom. The van der Waals surface area contributed by atoms with E-state index in [2.05, 4.69) is 26.8 Å². The Labute approximate surface area is 157 Å². The number of aromatic nitrogens is 2. The number of likely N-dealkylation sites (N-methyl/N-ethyl adjacent to an activating group) is 1. The maximum absolute atomic E-state index is 11.0. The fraction of sp³-hybridized carbons (Fsp3) is 0.300. The topological polar surface area (TPSA) is 52.5 Å². The molecule has 0 radical (unpaired) electrons. The van der Waals surface area contributed by atoms with E-state index in [9.17, 15) is 5.11 Å². The van der Waals surface area contributed by atoms with Crippen molar-refractivity contribution in [3.8, 4) is 5.75 Å². The molecule has 1 fully saturated rings. The molecular weight excluding hydrogens is 348 g/mol. The number of nitrogens with zero attached hydrogens (tertiary/aromatic N) is 4. The molecule has 1 aromatic carbocycles. The molecule has 0 amide bonds. The lowest BCUT2D eigenvalue weighted by Gasteiger charge is -2.38. The summed E-state index contributed by atoms with van der Waals surface area (Å²) < 4.78 is 0. The predicted molar refractivity (Wildman–Crippen MR) is 104 cm³/mol. The van der Waals surface area contributed by atoms with Gasteiger partial charge in [0.15, 0.2) is 0 Å². The van der Waals surface area contributed by atoms with E-state index in [4.69, 9.17) is 11.6 Å². The summed E-state index contributed by atoms with van der Waals surface area (Å²) in [6, 6.07) is 11.3. The summed E-state index contributed by atoms with van der Waals surface area (Å²) in [5.41, 5.74) is 2.19. The largest absolute Gasteiger partial charge is 0.505 e. The van der Waals surface area contributed by atoms with Gasteiger partial charge in [-0.25, -0.2) is 0 Å². The summed E-state index contributed by atoms with van der Waals surface area (Å²) >= 11 is 6.53. The molecule has 0 spiro atoms. The average Bonchev–Trinajstić information content (AvgIpc) is 2.68. The molecule has 1 N–H and O–H groups in total. The van der Waals surface area contributed by atoms with Crippen LogP contribution in [0.4, 0.5) is 0 Å². The highest BCUT2D eigenvalue weighted by Gasteiger charge is 2.29. The van der Waals surface area contributed by atoms with Gasteiger partial charge in [0.05, 0.1) is 16.8 Å². The number of halogens is 1. The number of piperazine rings is 1. The number of rotatable bonds is 3. The lowest BCUT2D eigenvalue weighted by molar-refractivity contribution is 0.124. The van der Waals surface area contributed by atoms with Crippen LogP contribution in [-0.4, -0.2) is 58.1 Å². The number of aromatic hydroxyl groups is 1. The molecule has 0 unspecified atom stereocenters. The third-order valence-corrected chi connectivity index (χ3v) is 5.32. The molecule has 3 heterocycles. The Bertz CT molecular complexity index is 910. The zero-order chi connectivity index (χ0) is 18.1. The Morgan fingerprint density at radius 3 is 2.54 bits per heavy atom. The van der Waals surface area contributed by atoms with Gasteiger partial charge in [-0.15, -0.1) is 0 Å². The fourth-order valence-electron chi connectivity index (χ4n) is 3.58. The van der Waals surface area contributed by atoms with E-state index >= 15 is 0 Å². The molecular formula is C20H21ClN4O. The van der Waals surface area contributed by atoms with E-state index < -0.39 is 0 Å². The van der Waals surface area contributed by atoms with Gasteiger partial charge in [0.2, 0.25) is 0 Å². The highest BCUT2D eigenvalue weighted by Crippen LogP contribution is 2.40. The first-order valence-electron chi connectivity index (χ1n) is 8.75. The Balaban J connectivity index is 1.87. The van der Waals surface area contributed by atoms with Gasteiger partial charge >= 0.3 is 0 Å². The molecule has 3 aromatic rings. The van der Waals surface area contributed by atoms with Crippen LogP contribution >= 0.6 is 11.6 Å². The molecule has 2 aromatic heterocycles. The minimum absolute atomic E-state index is 0.159. The maximum atomic E-state index is 11.0. The van der Waals surface area contributed by atoms with Crippen molar-refractivity contribution in [3.63, 3.8) is 0 Å². The molecule has 134 valence electrons. The van der Waals surface area contributed by atoms with E-state index in [-0.39, 0.29) is 11.8 Å². The van der Waals surface area contributed by atoms with Crippen molar-refractivity contribution in [2.75, 3.05) is 33.2 Å². The molecule has 1 saturated heterocycles. The molecule has 0 aliphatic carbocycles. The van der Waals surface area contributed by atoms with Gasteiger partial charge in [-0.3, -0.25) is 14.9 Å². The van der Waals surface area contributed by atoms with Crippen LogP contribution in [0.15, 0.2) is 48.8 Å². The zero-order valence-corrected chi connectivity index (χ0v) is 15.4. The lowest BCUT2D eigenvalue weighted by atomic mass is 9.97. The van der Waals surface area contributed by atoms with E-state index in [0.29, 0.717) is 10.5 Å². The summed E-state index contributed by atoms with van der Waals surface area (Å²) in [5, 5.41) is 12.4. The summed E-state index contributed by atoms with van der Waals surface area (Å²) in [6.45, 7) is 3.75. The Kier molecular flexibility index (Phi) is 4.76. The molecule has 1 aliphatic rings. The smallest absolute Gasteiger partial charge is 0.147 e. The molecule has 5 nitrogen and oxygen atoms in total. The van der Waals surface area contributed by atoms with Crippen LogP contribution in [0.2, 0.25) is 5.02 Å². The van der Waals surface area contributed by atoms with Crippen LogP contribution in [0, 0.1) is 0 Å². The molecule has 1 atom stereocenters. The molecule has 6 heteroatoms.